The lowest BCUT2D eigenvalue weighted by Gasteiger charge is -2.32. The van der Waals surface area contributed by atoms with Crippen molar-refractivity contribution in [3.05, 3.63) is 0 Å². The summed E-state index contributed by atoms with van der Waals surface area (Å²) in [5.74, 6) is -0.910. The van der Waals surface area contributed by atoms with Gasteiger partial charge in [0.25, 0.3) is 0 Å². The van der Waals surface area contributed by atoms with Crippen LogP contribution in [0.5, 0.6) is 0 Å². The highest BCUT2D eigenvalue weighted by Crippen LogP contribution is 2.18. The quantitative estimate of drug-likeness (QED) is 0.672. The van der Waals surface area contributed by atoms with E-state index in [1.165, 1.54) is 0 Å². The number of hydrogen-bond donors (Lipinski definition) is 2. The van der Waals surface area contributed by atoms with Gasteiger partial charge in [-0.2, -0.15) is 0 Å². The monoisotopic (exact) mass is 202 g/mol. The molecule has 0 saturated heterocycles. The fourth-order valence-corrected chi connectivity index (χ4v) is 1.10. The molecule has 0 aromatic heterocycles. The van der Waals surface area contributed by atoms with Crippen LogP contribution < -0.4 is 5.73 Å². The molecule has 0 bridgehead atoms. The highest BCUT2D eigenvalue weighted by atomic mass is 16.4. The molecule has 1 atom stereocenters. The molecule has 0 fully saturated rings. The van der Waals surface area contributed by atoms with Gasteiger partial charge in [0.1, 0.15) is 6.04 Å². The van der Waals surface area contributed by atoms with E-state index in [9.17, 15) is 4.79 Å². The molecular weight excluding hydrogens is 180 g/mol. The Morgan fingerprint density at radius 2 is 2.00 bits per heavy atom. The van der Waals surface area contributed by atoms with Crippen LogP contribution >= 0.6 is 0 Å². The van der Waals surface area contributed by atoms with Crippen LogP contribution in [0.2, 0.25) is 0 Å². The zero-order chi connectivity index (χ0) is 11.4. The Kier molecular flexibility index (Phi) is 5.08. The number of hydrogen-bond acceptors (Lipinski definition) is 3. The standard InChI is InChI=1S/C10H22N2O2/c1-10(2,12(3)4)7-5-6-8(11)9(13)14/h8H,5-7,11H2,1-4H3,(H,13,14)/t8-/m0/s1. The predicted octanol–water partition coefficient (Wildman–Crippen LogP) is 0.909. The Labute approximate surface area is 86.1 Å². The number of carbonyl (C=O) groups is 1. The number of aliphatic carboxylic acids is 1. The molecule has 0 aliphatic carbocycles. The fraction of sp³-hybridized carbons (Fsp3) is 0.900. The van der Waals surface area contributed by atoms with Gasteiger partial charge in [0.15, 0.2) is 0 Å². The Balaban J connectivity index is 3.79. The minimum Gasteiger partial charge on any atom is -0.480 e. The van der Waals surface area contributed by atoms with Gasteiger partial charge in [-0.25, -0.2) is 0 Å². The van der Waals surface area contributed by atoms with Gasteiger partial charge in [0.05, 0.1) is 0 Å². The molecule has 0 rings (SSSR count). The minimum atomic E-state index is -0.910. The molecule has 0 saturated carbocycles. The summed E-state index contributed by atoms with van der Waals surface area (Å²) in [6, 6.07) is -0.715. The van der Waals surface area contributed by atoms with Crippen molar-refractivity contribution < 1.29 is 9.90 Å². The van der Waals surface area contributed by atoms with Crippen molar-refractivity contribution in [2.75, 3.05) is 14.1 Å². The second-order valence-electron chi connectivity index (χ2n) is 4.54. The molecule has 3 N–H and O–H groups in total. The summed E-state index contributed by atoms with van der Waals surface area (Å²) in [7, 11) is 4.05. The molecule has 84 valence electrons. The van der Waals surface area contributed by atoms with Crippen LogP contribution in [0, 0.1) is 0 Å². The Morgan fingerprint density at radius 3 is 2.36 bits per heavy atom. The SMILES string of the molecule is CN(C)C(C)(C)CCC[C@H](N)C(=O)O. The first kappa shape index (κ1) is 13.4. The first-order chi connectivity index (χ1) is 6.27. The molecule has 0 spiro atoms. The summed E-state index contributed by atoms with van der Waals surface area (Å²) in [5.41, 5.74) is 5.52. The van der Waals surface area contributed by atoms with E-state index in [0.29, 0.717) is 6.42 Å². The lowest BCUT2D eigenvalue weighted by Crippen LogP contribution is -2.38. The lowest BCUT2D eigenvalue weighted by atomic mass is 9.95. The highest BCUT2D eigenvalue weighted by Gasteiger charge is 2.20. The van der Waals surface area contributed by atoms with Gasteiger partial charge in [0.2, 0.25) is 0 Å². The molecule has 0 radical (unpaired) electrons. The van der Waals surface area contributed by atoms with Crippen molar-refractivity contribution in [3.8, 4) is 0 Å². The Morgan fingerprint density at radius 1 is 1.50 bits per heavy atom. The van der Waals surface area contributed by atoms with Crippen molar-refractivity contribution >= 4 is 5.97 Å². The van der Waals surface area contributed by atoms with E-state index >= 15 is 0 Å². The van der Waals surface area contributed by atoms with E-state index in [4.69, 9.17) is 10.8 Å². The maximum Gasteiger partial charge on any atom is 0.320 e. The first-order valence-corrected chi connectivity index (χ1v) is 4.93. The normalized spacial score (nSPS) is 14.4. The average Bonchev–Trinajstić information content (AvgIpc) is 2.03. The van der Waals surface area contributed by atoms with Gasteiger partial charge in [-0.05, 0) is 47.2 Å². The van der Waals surface area contributed by atoms with Crippen molar-refractivity contribution in [2.45, 2.75) is 44.7 Å². The number of rotatable bonds is 6. The molecule has 0 aromatic carbocycles. The van der Waals surface area contributed by atoms with E-state index in [1.54, 1.807) is 0 Å². The van der Waals surface area contributed by atoms with Crippen molar-refractivity contribution in [3.63, 3.8) is 0 Å². The summed E-state index contributed by atoms with van der Waals surface area (Å²) in [6.07, 6.45) is 2.35. The number of carboxylic acids is 1. The predicted molar refractivity (Wildman–Crippen MR) is 57.2 cm³/mol. The van der Waals surface area contributed by atoms with Crippen LogP contribution in [0.25, 0.3) is 0 Å². The van der Waals surface area contributed by atoms with Crippen LogP contribution in [0.1, 0.15) is 33.1 Å². The zero-order valence-corrected chi connectivity index (χ0v) is 9.58. The molecule has 0 unspecified atom stereocenters. The maximum atomic E-state index is 10.5. The number of nitrogens with two attached hydrogens (primary N) is 1. The summed E-state index contributed by atoms with van der Waals surface area (Å²) in [4.78, 5) is 12.6. The van der Waals surface area contributed by atoms with Crippen LogP contribution in [-0.2, 0) is 4.79 Å². The third-order valence-electron chi connectivity index (χ3n) is 2.83. The van der Waals surface area contributed by atoms with Gasteiger partial charge in [-0.1, -0.05) is 0 Å². The third-order valence-corrected chi connectivity index (χ3v) is 2.83. The molecule has 0 heterocycles. The van der Waals surface area contributed by atoms with Gasteiger partial charge >= 0.3 is 5.97 Å². The van der Waals surface area contributed by atoms with Gasteiger partial charge in [0, 0.05) is 5.54 Å². The highest BCUT2D eigenvalue weighted by molar-refractivity contribution is 5.72. The first-order valence-electron chi connectivity index (χ1n) is 4.93. The van der Waals surface area contributed by atoms with Crippen molar-refractivity contribution in [1.82, 2.24) is 4.90 Å². The largest absolute Gasteiger partial charge is 0.480 e. The van der Waals surface area contributed by atoms with Crippen LogP contribution in [0.4, 0.5) is 0 Å². The average molecular weight is 202 g/mol. The number of nitrogens with zero attached hydrogens (tertiary/aromatic N) is 1. The minimum absolute atomic E-state index is 0.109. The molecule has 14 heavy (non-hydrogen) atoms. The van der Waals surface area contributed by atoms with Crippen LogP contribution in [-0.4, -0.2) is 41.7 Å². The Hall–Kier alpha value is -0.610. The van der Waals surface area contributed by atoms with Crippen LogP contribution in [0.3, 0.4) is 0 Å². The van der Waals surface area contributed by atoms with Gasteiger partial charge in [-0.15, -0.1) is 0 Å². The molecule has 4 nitrogen and oxygen atoms in total. The van der Waals surface area contributed by atoms with Crippen molar-refractivity contribution in [2.24, 2.45) is 5.73 Å². The summed E-state index contributed by atoms with van der Waals surface area (Å²) in [5, 5.41) is 8.59. The lowest BCUT2D eigenvalue weighted by molar-refractivity contribution is -0.138. The third kappa shape index (κ3) is 4.58. The number of carboxylic acid groups (broad SMARTS) is 1. The smallest absolute Gasteiger partial charge is 0.320 e. The maximum absolute atomic E-state index is 10.5. The topological polar surface area (TPSA) is 66.6 Å². The van der Waals surface area contributed by atoms with E-state index in [0.717, 1.165) is 12.8 Å². The van der Waals surface area contributed by atoms with E-state index < -0.39 is 12.0 Å². The van der Waals surface area contributed by atoms with E-state index in [1.807, 2.05) is 14.1 Å². The summed E-state index contributed by atoms with van der Waals surface area (Å²) >= 11 is 0. The fourth-order valence-electron chi connectivity index (χ4n) is 1.10. The van der Waals surface area contributed by atoms with E-state index in [2.05, 4.69) is 18.7 Å². The second kappa shape index (κ2) is 5.32. The van der Waals surface area contributed by atoms with Crippen molar-refractivity contribution in [1.29, 1.82) is 0 Å². The molecule has 4 heteroatoms. The van der Waals surface area contributed by atoms with Gasteiger partial charge < -0.3 is 15.7 Å². The Bertz CT molecular complexity index is 191. The zero-order valence-electron chi connectivity index (χ0n) is 9.58. The molecular formula is C10H22N2O2. The summed E-state index contributed by atoms with van der Waals surface area (Å²) < 4.78 is 0. The van der Waals surface area contributed by atoms with Gasteiger partial charge in [-0.3, -0.25) is 4.79 Å². The molecule has 0 aliphatic heterocycles. The second-order valence-corrected chi connectivity index (χ2v) is 4.54. The molecule has 0 aromatic rings. The molecule has 0 aliphatic rings. The van der Waals surface area contributed by atoms with Crippen LogP contribution in [0.15, 0.2) is 0 Å². The summed E-state index contributed by atoms with van der Waals surface area (Å²) in [6.45, 7) is 4.28. The molecule has 0 amide bonds. The van der Waals surface area contributed by atoms with E-state index in [-0.39, 0.29) is 5.54 Å².